The van der Waals surface area contributed by atoms with Crippen LogP contribution in [0.25, 0.3) is 0 Å². The van der Waals surface area contributed by atoms with Gasteiger partial charge in [0.1, 0.15) is 0 Å². The Hall–Kier alpha value is -0.600. The third-order valence-electron chi connectivity index (χ3n) is 1.38. The van der Waals surface area contributed by atoms with E-state index in [1.807, 2.05) is 0 Å². The van der Waals surface area contributed by atoms with E-state index >= 15 is 0 Å². The first kappa shape index (κ1) is 9.49. The average molecular weight is 246 g/mol. The van der Waals surface area contributed by atoms with Gasteiger partial charge in [-0.05, 0) is 24.3 Å². The SMILES string of the molecule is C=CC(=O)c1cc(Cl)ccc1Br. The highest BCUT2D eigenvalue weighted by molar-refractivity contribution is 9.10. The molecule has 0 aliphatic carbocycles. The van der Waals surface area contributed by atoms with Gasteiger partial charge >= 0.3 is 0 Å². The van der Waals surface area contributed by atoms with Gasteiger partial charge in [-0.25, -0.2) is 0 Å². The zero-order valence-corrected chi connectivity index (χ0v) is 8.52. The Morgan fingerprint density at radius 2 is 2.25 bits per heavy atom. The smallest absolute Gasteiger partial charge is 0.186 e. The number of carbonyl (C=O) groups is 1. The van der Waals surface area contributed by atoms with Crippen LogP contribution in [0.4, 0.5) is 0 Å². The van der Waals surface area contributed by atoms with Crippen molar-refractivity contribution in [2.45, 2.75) is 0 Å². The summed E-state index contributed by atoms with van der Waals surface area (Å²) in [6, 6.07) is 5.06. The van der Waals surface area contributed by atoms with Crippen molar-refractivity contribution in [1.29, 1.82) is 0 Å². The molecule has 0 aromatic heterocycles. The second-order valence-corrected chi connectivity index (χ2v) is 3.48. The van der Waals surface area contributed by atoms with E-state index < -0.39 is 0 Å². The van der Waals surface area contributed by atoms with Crippen molar-refractivity contribution in [3.63, 3.8) is 0 Å². The number of allylic oxidation sites excluding steroid dienone is 1. The van der Waals surface area contributed by atoms with E-state index in [1.165, 1.54) is 6.08 Å². The molecule has 1 nitrogen and oxygen atoms in total. The average Bonchev–Trinajstić information content (AvgIpc) is 2.08. The Bertz CT molecular complexity index is 333. The van der Waals surface area contributed by atoms with Crippen molar-refractivity contribution in [3.05, 3.63) is 45.9 Å². The lowest BCUT2D eigenvalue weighted by Crippen LogP contribution is -1.94. The molecule has 0 fully saturated rings. The molecule has 0 unspecified atom stereocenters. The minimum absolute atomic E-state index is 0.135. The van der Waals surface area contributed by atoms with Gasteiger partial charge in [-0.15, -0.1) is 0 Å². The van der Waals surface area contributed by atoms with Crippen molar-refractivity contribution < 1.29 is 4.79 Å². The lowest BCUT2D eigenvalue weighted by molar-refractivity contribution is 0.104. The Labute approximate surface area is 84.2 Å². The molecule has 0 saturated heterocycles. The lowest BCUT2D eigenvalue weighted by atomic mass is 10.1. The number of hydrogen-bond acceptors (Lipinski definition) is 1. The van der Waals surface area contributed by atoms with E-state index in [4.69, 9.17) is 11.6 Å². The molecular formula is C9H6BrClO. The standard InChI is InChI=1S/C9H6BrClO/c1-2-9(12)7-5-6(11)3-4-8(7)10/h2-5H,1H2. The fourth-order valence-electron chi connectivity index (χ4n) is 0.796. The molecule has 0 N–H and O–H groups in total. The molecule has 12 heavy (non-hydrogen) atoms. The van der Waals surface area contributed by atoms with Gasteiger partial charge < -0.3 is 0 Å². The molecule has 62 valence electrons. The second kappa shape index (κ2) is 3.87. The summed E-state index contributed by atoms with van der Waals surface area (Å²) < 4.78 is 0.733. The van der Waals surface area contributed by atoms with E-state index in [1.54, 1.807) is 18.2 Å². The zero-order valence-electron chi connectivity index (χ0n) is 6.18. The molecule has 1 aromatic rings. The minimum atomic E-state index is -0.135. The van der Waals surface area contributed by atoms with E-state index in [0.29, 0.717) is 10.6 Å². The molecule has 3 heteroatoms. The fraction of sp³-hybridized carbons (Fsp3) is 0. The first-order chi connectivity index (χ1) is 5.65. The van der Waals surface area contributed by atoms with E-state index in [-0.39, 0.29) is 5.78 Å². The van der Waals surface area contributed by atoms with Crippen molar-refractivity contribution in [2.24, 2.45) is 0 Å². The van der Waals surface area contributed by atoms with Gasteiger partial charge in [0.25, 0.3) is 0 Å². The van der Waals surface area contributed by atoms with Gasteiger partial charge in [0.05, 0.1) is 0 Å². The number of hydrogen-bond donors (Lipinski definition) is 0. The molecule has 0 saturated carbocycles. The summed E-state index contributed by atoms with van der Waals surface area (Å²) in [7, 11) is 0. The number of benzene rings is 1. The van der Waals surface area contributed by atoms with Gasteiger partial charge in [0, 0.05) is 15.1 Å². The van der Waals surface area contributed by atoms with Crippen molar-refractivity contribution >= 4 is 33.3 Å². The van der Waals surface area contributed by atoms with E-state index in [9.17, 15) is 4.79 Å². The summed E-state index contributed by atoms with van der Waals surface area (Å²) in [6.07, 6.45) is 1.26. The third-order valence-corrected chi connectivity index (χ3v) is 2.31. The van der Waals surface area contributed by atoms with Crippen LogP contribution in [0.3, 0.4) is 0 Å². The highest BCUT2D eigenvalue weighted by Gasteiger charge is 2.06. The molecule has 0 aliphatic rings. The van der Waals surface area contributed by atoms with Crippen LogP contribution in [0.15, 0.2) is 35.3 Å². The van der Waals surface area contributed by atoms with Gasteiger partial charge in [0.2, 0.25) is 0 Å². The number of carbonyl (C=O) groups excluding carboxylic acids is 1. The summed E-state index contributed by atoms with van der Waals surface area (Å²) in [6.45, 7) is 3.39. The van der Waals surface area contributed by atoms with Crippen molar-refractivity contribution in [3.8, 4) is 0 Å². The zero-order chi connectivity index (χ0) is 9.14. The van der Waals surface area contributed by atoms with E-state index in [2.05, 4.69) is 22.5 Å². The number of ketones is 1. The van der Waals surface area contributed by atoms with Crippen LogP contribution in [0, 0.1) is 0 Å². The van der Waals surface area contributed by atoms with Crippen LogP contribution in [0.2, 0.25) is 5.02 Å². The second-order valence-electron chi connectivity index (χ2n) is 2.19. The number of rotatable bonds is 2. The molecule has 1 rings (SSSR count). The summed E-state index contributed by atoms with van der Waals surface area (Å²) in [5.41, 5.74) is 0.539. The third kappa shape index (κ3) is 1.96. The molecule has 0 radical (unpaired) electrons. The highest BCUT2D eigenvalue weighted by atomic mass is 79.9. The van der Waals surface area contributed by atoms with Gasteiger partial charge in [0.15, 0.2) is 5.78 Å². The lowest BCUT2D eigenvalue weighted by Gasteiger charge is -1.99. The normalized spacial score (nSPS) is 9.50. The Morgan fingerprint density at radius 3 is 2.83 bits per heavy atom. The summed E-state index contributed by atoms with van der Waals surface area (Å²) in [5.74, 6) is -0.135. The molecule has 0 atom stereocenters. The van der Waals surface area contributed by atoms with Crippen LogP contribution in [0.5, 0.6) is 0 Å². The Kier molecular flexibility index (Phi) is 3.06. The van der Waals surface area contributed by atoms with Crippen LogP contribution in [-0.2, 0) is 0 Å². The van der Waals surface area contributed by atoms with Crippen molar-refractivity contribution in [2.75, 3.05) is 0 Å². The Morgan fingerprint density at radius 1 is 1.58 bits per heavy atom. The Balaban J connectivity index is 3.22. The first-order valence-corrected chi connectivity index (χ1v) is 4.44. The summed E-state index contributed by atoms with van der Waals surface area (Å²) in [5, 5.41) is 0.545. The quantitative estimate of drug-likeness (QED) is 0.576. The summed E-state index contributed by atoms with van der Waals surface area (Å²) >= 11 is 8.96. The largest absolute Gasteiger partial charge is 0.289 e. The molecular weight excluding hydrogens is 239 g/mol. The molecule has 0 spiro atoms. The molecule has 1 aromatic carbocycles. The monoisotopic (exact) mass is 244 g/mol. The van der Waals surface area contributed by atoms with E-state index in [0.717, 1.165) is 4.47 Å². The highest BCUT2D eigenvalue weighted by Crippen LogP contribution is 2.21. The minimum Gasteiger partial charge on any atom is -0.289 e. The van der Waals surface area contributed by atoms with Gasteiger partial charge in [-0.2, -0.15) is 0 Å². The molecule has 0 heterocycles. The number of halogens is 2. The molecule has 0 aliphatic heterocycles. The predicted octanol–water partition coefficient (Wildman–Crippen LogP) is 3.47. The molecule has 0 amide bonds. The first-order valence-electron chi connectivity index (χ1n) is 3.27. The van der Waals surface area contributed by atoms with Crippen LogP contribution in [-0.4, -0.2) is 5.78 Å². The summed E-state index contributed by atoms with van der Waals surface area (Å²) in [4.78, 5) is 11.2. The van der Waals surface area contributed by atoms with Crippen LogP contribution in [0.1, 0.15) is 10.4 Å². The topological polar surface area (TPSA) is 17.1 Å². The molecule has 0 bridgehead atoms. The van der Waals surface area contributed by atoms with Crippen LogP contribution < -0.4 is 0 Å². The maximum Gasteiger partial charge on any atom is 0.186 e. The van der Waals surface area contributed by atoms with Crippen molar-refractivity contribution in [1.82, 2.24) is 0 Å². The van der Waals surface area contributed by atoms with Gasteiger partial charge in [-0.3, -0.25) is 4.79 Å². The predicted molar refractivity (Wildman–Crippen MR) is 53.7 cm³/mol. The van der Waals surface area contributed by atoms with Gasteiger partial charge in [-0.1, -0.05) is 34.1 Å². The van der Waals surface area contributed by atoms with Crippen LogP contribution >= 0.6 is 27.5 Å². The maximum absolute atomic E-state index is 11.2. The fourth-order valence-corrected chi connectivity index (χ4v) is 1.41. The maximum atomic E-state index is 11.2.